The zero-order valence-electron chi connectivity index (χ0n) is 16.8. The Morgan fingerprint density at radius 1 is 1.18 bits per heavy atom. The van der Waals surface area contributed by atoms with Crippen LogP contribution in [0.1, 0.15) is 38.1 Å². The van der Waals surface area contributed by atoms with Crippen molar-refractivity contribution < 1.29 is 4.79 Å². The molecule has 0 aliphatic rings. The Labute approximate surface area is 170 Å². The third kappa shape index (κ3) is 5.05. The summed E-state index contributed by atoms with van der Waals surface area (Å²) in [6, 6.07) is 10.3. The Morgan fingerprint density at radius 3 is 2.64 bits per heavy atom. The number of carbonyl (C=O) groups excluding carboxylic acids is 1. The first-order valence-electron chi connectivity index (χ1n) is 9.55. The molecule has 1 aromatic carbocycles. The average molecular weight is 398 g/mol. The van der Waals surface area contributed by atoms with E-state index in [1.807, 2.05) is 30.3 Å². The van der Waals surface area contributed by atoms with Gasteiger partial charge in [-0.3, -0.25) is 14.7 Å². The van der Waals surface area contributed by atoms with Crippen LogP contribution in [0.3, 0.4) is 0 Å². The largest absolute Gasteiger partial charge is 0.351 e. The molecule has 0 atom stereocenters. The normalized spacial score (nSPS) is 11.5. The maximum atomic E-state index is 12.5. The minimum absolute atomic E-state index is 0.0514. The van der Waals surface area contributed by atoms with E-state index in [4.69, 9.17) is 0 Å². The minimum Gasteiger partial charge on any atom is -0.351 e. The predicted molar refractivity (Wildman–Crippen MR) is 116 cm³/mol. The number of thiazole rings is 1. The number of pyridine rings is 1. The molecule has 0 aliphatic carbocycles. The molecular formula is C21H27N5OS. The quantitative estimate of drug-likeness (QED) is 0.594. The van der Waals surface area contributed by atoms with Crippen molar-refractivity contribution in [2.24, 2.45) is 0 Å². The van der Waals surface area contributed by atoms with Gasteiger partial charge in [-0.2, -0.15) is 0 Å². The number of fused-ring (bicyclic) bond motifs is 1. The van der Waals surface area contributed by atoms with Crippen LogP contribution in [0.5, 0.6) is 0 Å². The average Bonchev–Trinajstić information content (AvgIpc) is 3.06. The lowest BCUT2D eigenvalue weighted by atomic mass is 10.2. The molecule has 6 nitrogen and oxygen atoms in total. The summed E-state index contributed by atoms with van der Waals surface area (Å²) in [7, 11) is 0. The van der Waals surface area contributed by atoms with E-state index in [0.717, 1.165) is 27.6 Å². The van der Waals surface area contributed by atoms with Crippen LogP contribution < -0.4 is 10.6 Å². The molecule has 1 amide bonds. The molecule has 3 rings (SSSR count). The molecule has 2 N–H and O–H groups in total. The lowest BCUT2D eigenvalue weighted by Crippen LogP contribution is -2.42. The van der Waals surface area contributed by atoms with Crippen LogP contribution in [0.25, 0.3) is 10.2 Å². The molecule has 0 bridgehead atoms. The lowest BCUT2D eigenvalue weighted by molar-refractivity contribution is 0.0939. The molecule has 2 heterocycles. The van der Waals surface area contributed by atoms with Crippen LogP contribution in [0.2, 0.25) is 0 Å². The number of carbonyl (C=O) groups is 1. The smallest absolute Gasteiger partial charge is 0.251 e. The summed E-state index contributed by atoms with van der Waals surface area (Å²) < 4.78 is 0.977. The predicted octanol–water partition coefficient (Wildman–Crippen LogP) is 4.28. The van der Waals surface area contributed by atoms with Crippen molar-refractivity contribution in [2.45, 2.75) is 39.8 Å². The highest BCUT2D eigenvalue weighted by molar-refractivity contribution is 7.22. The second kappa shape index (κ2) is 9.12. The van der Waals surface area contributed by atoms with Crippen LogP contribution in [0, 0.1) is 0 Å². The first kappa shape index (κ1) is 20.2. The summed E-state index contributed by atoms with van der Waals surface area (Å²) in [5, 5.41) is 7.06. The van der Waals surface area contributed by atoms with E-state index in [-0.39, 0.29) is 5.91 Å². The Balaban J connectivity index is 1.64. The SMILES string of the molecule is CC(C)N(CCNC(=O)c1ccc2nc(Nc3cccnc3)sc2c1)C(C)C. The van der Waals surface area contributed by atoms with Gasteiger partial charge in [-0.1, -0.05) is 11.3 Å². The molecule has 148 valence electrons. The fraction of sp³-hybridized carbons (Fsp3) is 0.381. The molecule has 0 fully saturated rings. The van der Waals surface area contributed by atoms with Gasteiger partial charge in [0.1, 0.15) is 0 Å². The van der Waals surface area contributed by atoms with Crippen molar-refractivity contribution in [3.8, 4) is 0 Å². The van der Waals surface area contributed by atoms with Crippen LogP contribution in [0.4, 0.5) is 10.8 Å². The van der Waals surface area contributed by atoms with Gasteiger partial charge in [0.15, 0.2) is 5.13 Å². The number of benzene rings is 1. The molecule has 0 aliphatic heterocycles. The molecule has 0 radical (unpaired) electrons. The van der Waals surface area contributed by atoms with Crippen molar-refractivity contribution >= 4 is 38.3 Å². The maximum Gasteiger partial charge on any atom is 0.251 e. The van der Waals surface area contributed by atoms with Crippen LogP contribution in [-0.4, -0.2) is 45.9 Å². The number of rotatable bonds is 8. The van der Waals surface area contributed by atoms with Gasteiger partial charge in [-0.15, -0.1) is 0 Å². The van der Waals surface area contributed by atoms with Gasteiger partial charge in [0.05, 0.1) is 22.1 Å². The number of nitrogens with one attached hydrogen (secondary N) is 2. The molecule has 3 aromatic rings. The number of hydrogen-bond acceptors (Lipinski definition) is 6. The fourth-order valence-corrected chi connectivity index (χ4v) is 4.12. The van der Waals surface area contributed by atoms with Crippen molar-refractivity contribution in [3.63, 3.8) is 0 Å². The van der Waals surface area contributed by atoms with E-state index < -0.39 is 0 Å². The summed E-state index contributed by atoms with van der Waals surface area (Å²) in [5.74, 6) is -0.0514. The van der Waals surface area contributed by atoms with Gasteiger partial charge in [0.2, 0.25) is 0 Å². The van der Waals surface area contributed by atoms with Gasteiger partial charge in [-0.25, -0.2) is 4.98 Å². The topological polar surface area (TPSA) is 70.2 Å². The fourth-order valence-electron chi connectivity index (χ4n) is 3.19. The highest BCUT2D eigenvalue weighted by atomic mass is 32.1. The molecule has 0 saturated carbocycles. The van der Waals surface area contributed by atoms with Crippen LogP contribution in [-0.2, 0) is 0 Å². The third-order valence-electron chi connectivity index (χ3n) is 4.55. The van der Waals surface area contributed by atoms with Gasteiger partial charge in [-0.05, 0) is 58.0 Å². The highest BCUT2D eigenvalue weighted by Gasteiger charge is 2.14. The molecule has 2 aromatic heterocycles. The van der Waals surface area contributed by atoms with Crippen LogP contribution in [0.15, 0.2) is 42.7 Å². The second-order valence-corrected chi connectivity index (χ2v) is 8.28. The zero-order valence-corrected chi connectivity index (χ0v) is 17.6. The van der Waals surface area contributed by atoms with Gasteiger partial charge < -0.3 is 10.6 Å². The first-order valence-corrected chi connectivity index (χ1v) is 10.4. The van der Waals surface area contributed by atoms with E-state index >= 15 is 0 Å². The molecule has 0 unspecified atom stereocenters. The van der Waals surface area contributed by atoms with E-state index in [1.165, 1.54) is 11.3 Å². The summed E-state index contributed by atoms with van der Waals surface area (Å²) in [6.07, 6.45) is 3.48. The Hall–Kier alpha value is -2.51. The van der Waals surface area contributed by atoms with E-state index in [0.29, 0.717) is 24.2 Å². The molecule has 28 heavy (non-hydrogen) atoms. The highest BCUT2D eigenvalue weighted by Crippen LogP contribution is 2.28. The Morgan fingerprint density at radius 2 is 1.96 bits per heavy atom. The van der Waals surface area contributed by atoms with Gasteiger partial charge in [0, 0.05) is 36.9 Å². The molecular weight excluding hydrogens is 370 g/mol. The number of hydrogen-bond donors (Lipinski definition) is 2. The van der Waals surface area contributed by atoms with Crippen LogP contribution >= 0.6 is 11.3 Å². The monoisotopic (exact) mass is 397 g/mol. The number of anilines is 2. The maximum absolute atomic E-state index is 12.5. The minimum atomic E-state index is -0.0514. The molecule has 0 saturated heterocycles. The first-order chi connectivity index (χ1) is 13.4. The van der Waals surface area contributed by atoms with Crippen molar-refractivity contribution in [3.05, 3.63) is 48.3 Å². The second-order valence-electron chi connectivity index (χ2n) is 7.25. The lowest BCUT2D eigenvalue weighted by Gasteiger charge is -2.30. The summed E-state index contributed by atoms with van der Waals surface area (Å²) in [5.41, 5.74) is 2.42. The van der Waals surface area contributed by atoms with E-state index in [2.05, 4.69) is 53.2 Å². The molecule has 0 spiro atoms. The zero-order chi connectivity index (χ0) is 20.1. The number of aromatic nitrogens is 2. The van der Waals surface area contributed by atoms with Gasteiger partial charge >= 0.3 is 0 Å². The van der Waals surface area contributed by atoms with Crippen molar-refractivity contribution in [1.29, 1.82) is 0 Å². The van der Waals surface area contributed by atoms with Gasteiger partial charge in [0.25, 0.3) is 5.91 Å². The van der Waals surface area contributed by atoms with E-state index in [1.54, 1.807) is 12.4 Å². The summed E-state index contributed by atoms with van der Waals surface area (Å²) >= 11 is 1.52. The van der Waals surface area contributed by atoms with E-state index in [9.17, 15) is 4.79 Å². The standard InChI is InChI=1S/C21H27N5OS/c1-14(2)26(15(3)4)11-10-23-20(27)16-7-8-18-19(12-16)28-21(25-18)24-17-6-5-9-22-13-17/h5-9,12-15H,10-11H2,1-4H3,(H,23,27)(H,24,25). The molecule has 7 heteroatoms. The van der Waals surface area contributed by atoms with Crippen molar-refractivity contribution in [1.82, 2.24) is 20.2 Å². The Kier molecular flexibility index (Phi) is 6.59. The summed E-state index contributed by atoms with van der Waals surface area (Å²) in [6.45, 7) is 10.2. The third-order valence-corrected chi connectivity index (χ3v) is 5.48. The number of nitrogens with zero attached hydrogens (tertiary/aromatic N) is 3. The summed E-state index contributed by atoms with van der Waals surface area (Å²) in [4.78, 5) is 23.6. The number of amides is 1. The van der Waals surface area contributed by atoms with Crippen molar-refractivity contribution in [2.75, 3.05) is 18.4 Å². The Bertz CT molecular complexity index is 915.